The molecule has 7 heteroatoms. The van der Waals surface area contributed by atoms with Gasteiger partial charge in [0.1, 0.15) is 5.60 Å². The summed E-state index contributed by atoms with van der Waals surface area (Å²) >= 11 is 0. The summed E-state index contributed by atoms with van der Waals surface area (Å²) in [4.78, 5) is 20.0. The van der Waals surface area contributed by atoms with Crippen LogP contribution in [0.1, 0.15) is 71.6 Å². The Bertz CT molecular complexity index is 981. The van der Waals surface area contributed by atoms with Gasteiger partial charge in [-0.05, 0) is 87.5 Å². The van der Waals surface area contributed by atoms with Gasteiger partial charge in [0.05, 0.1) is 12.1 Å². The average molecular weight is 498 g/mol. The first-order chi connectivity index (χ1) is 16.2. The first-order valence-electron chi connectivity index (χ1n) is 12.6. The maximum Gasteiger partial charge on any atom is 0.410 e. The summed E-state index contributed by atoms with van der Waals surface area (Å²) in [7, 11) is -2.15. The van der Waals surface area contributed by atoms with E-state index in [1.54, 1.807) is 6.20 Å². The number of pyridine rings is 1. The Hall–Kier alpha value is -2.38. The van der Waals surface area contributed by atoms with Crippen molar-refractivity contribution in [1.82, 2.24) is 9.88 Å². The van der Waals surface area contributed by atoms with Gasteiger partial charge >= 0.3 is 6.09 Å². The number of carbonyl (C=O) groups is 1. The van der Waals surface area contributed by atoms with Crippen LogP contribution in [0.25, 0.3) is 0 Å². The second-order valence-corrected chi connectivity index (χ2v) is 17.0. The lowest BCUT2D eigenvalue weighted by molar-refractivity contribution is -0.00243. The Balaban J connectivity index is 2.00. The number of anilines is 1. The fourth-order valence-electron chi connectivity index (χ4n) is 4.34. The monoisotopic (exact) mass is 497 g/mol. The molecule has 2 N–H and O–H groups in total. The maximum atomic E-state index is 13.6. The summed E-state index contributed by atoms with van der Waals surface area (Å²) in [5, 5.41) is 0.0339. The third-order valence-corrected chi connectivity index (χ3v) is 11.6. The maximum absolute atomic E-state index is 13.6. The molecule has 0 bridgehead atoms. The minimum absolute atomic E-state index is 0.0145. The molecule has 1 aromatic carbocycles. The van der Waals surface area contributed by atoms with Gasteiger partial charge in [0.15, 0.2) is 8.32 Å². The standard InChI is InChI=1S/C28H43N3O3Si/c1-27(2,3)33-26(32)31-23(18-20-11-13-22(29)14-12-20)15-16-24(31)25(21-10-9-17-30-19-21)34-35(7,8)28(4,5)6/h9-14,17,19,23-25H,15-16,18,29H2,1-8H3/t23-,24-,25-/m1/s1. The summed E-state index contributed by atoms with van der Waals surface area (Å²) in [5.41, 5.74) is 8.21. The molecule has 35 heavy (non-hydrogen) atoms. The number of nitrogen functional groups attached to an aromatic ring is 1. The van der Waals surface area contributed by atoms with Gasteiger partial charge in [-0.2, -0.15) is 0 Å². The lowest BCUT2D eigenvalue weighted by Gasteiger charge is -2.43. The number of rotatable bonds is 6. The lowest BCUT2D eigenvalue weighted by Crippen LogP contribution is -2.50. The number of benzene rings is 1. The quantitative estimate of drug-likeness (QED) is 0.353. The van der Waals surface area contributed by atoms with Crippen LogP contribution in [-0.4, -0.2) is 42.0 Å². The normalized spacial score (nSPS) is 20.1. The van der Waals surface area contributed by atoms with Crippen LogP contribution in [0.3, 0.4) is 0 Å². The number of carbonyl (C=O) groups excluding carboxylic acids is 1. The second-order valence-electron chi connectivity index (χ2n) is 12.2. The van der Waals surface area contributed by atoms with Crippen molar-refractivity contribution < 1.29 is 14.0 Å². The van der Waals surface area contributed by atoms with Gasteiger partial charge in [-0.15, -0.1) is 0 Å². The van der Waals surface area contributed by atoms with Crippen molar-refractivity contribution in [3.63, 3.8) is 0 Å². The van der Waals surface area contributed by atoms with Gasteiger partial charge in [0.2, 0.25) is 0 Å². The number of aromatic nitrogens is 1. The number of hydrogen-bond donors (Lipinski definition) is 1. The van der Waals surface area contributed by atoms with Gasteiger partial charge in [-0.3, -0.25) is 9.88 Å². The van der Waals surface area contributed by atoms with Crippen LogP contribution in [0.15, 0.2) is 48.8 Å². The molecular weight excluding hydrogens is 454 g/mol. The summed E-state index contributed by atoms with van der Waals surface area (Å²) in [6.07, 6.45) is 5.56. The Morgan fingerprint density at radius 3 is 2.31 bits per heavy atom. The Morgan fingerprint density at radius 1 is 1.11 bits per heavy atom. The van der Waals surface area contributed by atoms with Gasteiger partial charge in [-0.25, -0.2) is 4.79 Å². The highest BCUT2D eigenvalue weighted by Gasteiger charge is 2.47. The number of hydrogen-bond acceptors (Lipinski definition) is 5. The Morgan fingerprint density at radius 2 is 1.77 bits per heavy atom. The van der Waals surface area contributed by atoms with E-state index >= 15 is 0 Å². The molecule has 3 atom stereocenters. The summed E-state index contributed by atoms with van der Waals surface area (Å²) in [5.74, 6) is 0. The first kappa shape index (κ1) is 27.2. The molecule has 1 fully saturated rings. The van der Waals surface area contributed by atoms with Crippen molar-refractivity contribution in [3.8, 4) is 0 Å². The van der Waals surface area contributed by atoms with E-state index in [0.717, 1.165) is 36.1 Å². The number of amides is 1. The number of nitrogens with two attached hydrogens (primary N) is 1. The van der Waals surface area contributed by atoms with Gasteiger partial charge in [0, 0.05) is 24.1 Å². The fourth-order valence-corrected chi connectivity index (χ4v) is 5.62. The molecule has 3 rings (SSSR count). The molecule has 1 aromatic heterocycles. The predicted molar refractivity (Wildman–Crippen MR) is 145 cm³/mol. The average Bonchev–Trinajstić information content (AvgIpc) is 3.15. The molecule has 0 radical (unpaired) electrons. The van der Waals surface area contributed by atoms with E-state index in [4.69, 9.17) is 14.9 Å². The Kier molecular flexibility index (Phi) is 8.01. The van der Waals surface area contributed by atoms with Crippen LogP contribution in [0.4, 0.5) is 10.5 Å². The number of likely N-dealkylation sites (tertiary alicyclic amines) is 1. The molecule has 2 aromatic rings. The molecule has 1 aliphatic rings. The van der Waals surface area contributed by atoms with Crippen LogP contribution < -0.4 is 5.73 Å². The van der Waals surface area contributed by atoms with Crippen molar-refractivity contribution in [2.45, 2.75) is 103 Å². The van der Waals surface area contributed by atoms with Crippen molar-refractivity contribution in [2.24, 2.45) is 0 Å². The van der Waals surface area contributed by atoms with E-state index in [2.05, 4.69) is 44.9 Å². The van der Waals surface area contributed by atoms with Crippen LogP contribution in [0, 0.1) is 0 Å². The molecule has 2 heterocycles. The van der Waals surface area contributed by atoms with E-state index in [9.17, 15) is 4.79 Å². The van der Waals surface area contributed by atoms with E-state index in [1.807, 2.05) is 62.2 Å². The third kappa shape index (κ3) is 6.85. The van der Waals surface area contributed by atoms with Gasteiger partial charge in [0.25, 0.3) is 0 Å². The van der Waals surface area contributed by atoms with Crippen LogP contribution in [0.5, 0.6) is 0 Å². The lowest BCUT2D eigenvalue weighted by atomic mass is 10.0. The zero-order valence-electron chi connectivity index (χ0n) is 22.7. The van der Waals surface area contributed by atoms with E-state index in [-0.39, 0.29) is 29.3 Å². The van der Waals surface area contributed by atoms with E-state index in [1.165, 1.54) is 0 Å². The third-order valence-electron chi connectivity index (χ3n) is 7.19. The van der Waals surface area contributed by atoms with Crippen molar-refractivity contribution >= 4 is 20.1 Å². The highest BCUT2D eigenvalue weighted by molar-refractivity contribution is 6.74. The SMILES string of the molecule is CC(C)(C)OC(=O)N1[C@@H](Cc2ccc(N)cc2)CC[C@@H]1[C@H](O[Si](C)(C)C(C)(C)C)c1cccnc1. The first-order valence-corrected chi connectivity index (χ1v) is 15.5. The van der Waals surface area contributed by atoms with E-state index < -0.39 is 13.9 Å². The topological polar surface area (TPSA) is 77.7 Å². The highest BCUT2D eigenvalue weighted by Crippen LogP contribution is 2.44. The van der Waals surface area contributed by atoms with Crippen molar-refractivity contribution in [1.29, 1.82) is 0 Å². The highest BCUT2D eigenvalue weighted by atomic mass is 28.4. The zero-order chi connectivity index (χ0) is 26.0. The van der Waals surface area contributed by atoms with Crippen LogP contribution in [-0.2, 0) is 15.6 Å². The van der Waals surface area contributed by atoms with Crippen LogP contribution >= 0.6 is 0 Å². The molecular formula is C28H43N3O3Si. The summed E-state index contributed by atoms with van der Waals surface area (Å²) < 4.78 is 13.0. The molecule has 6 nitrogen and oxygen atoms in total. The predicted octanol–water partition coefficient (Wildman–Crippen LogP) is 6.74. The Labute approximate surface area is 212 Å². The molecule has 0 unspecified atom stereocenters. The molecule has 0 aliphatic carbocycles. The molecule has 1 saturated heterocycles. The molecule has 192 valence electrons. The molecule has 0 saturated carbocycles. The molecule has 1 aliphatic heterocycles. The largest absolute Gasteiger partial charge is 0.444 e. The molecule has 1 amide bonds. The summed E-state index contributed by atoms with van der Waals surface area (Å²) in [6.45, 7) is 17.0. The van der Waals surface area contributed by atoms with Crippen LogP contribution in [0.2, 0.25) is 18.1 Å². The fraction of sp³-hybridized carbons (Fsp3) is 0.571. The van der Waals surface area contributed by atoms with Crippen molar-refractivity contribution in [3.05, 3.63) is 59.9 Å². The van der Waals surface area contributed by atoms with Crippen molar-refractivity contribution in [2.75, 3.05) is 5.73 Å². The summed E-state index contributed by atoms with van der Waals surface area (Å²) in [6, 6.07) is 11.8. The number of ether oxygens (including phenoxy) is 1. The zero-order valence-corrected chi connectivity index (χ0v) is 23.7. The smallest absolute Gasteiger partial charge is 0.410 e. The van der Waals surface area contributed by atoms with Gasteiger partial charge < -0.3 is 14.9 Å². The molecule has 0 spiro atoms. The minimum Gasteiger partial charge on any atom is -0.444 e. The van der Waals surface area contributed by atoms with Gasteiger partial charge in [-0.1, -0.05) is 39.0 Å². The second kappa shape index (κ2) is 10.3. The van der Waals surface area contributed by atoms with E-state index in [0.29, 0.717) is 0 Å². The minimum atomic E-state index is -2.15. The number of nitrogens with zero attached hydrogens (tertiary/aromatic N) is 2.